The highest BCUT2D eigenvalue weighted by molar-refractivity contribution is 5.82. The quantitative estimate of drug-likeness (QED) is 0.437. The summed E-state index contributed by atoms with van der Waals surface area (Å²) in [5.41, 5.74) is 4.47. The molecule has 0 aliphatic carbocycles. The third kappa shape index (κ3) is 14.4. The number of amides is 2. The van der Waals surface area contributed by atoms with Crippen molar-refractivity contribution in [3.8, 4) is 0 Å². The summed E-state index contributed by atoms with van der Waals surface area (Å²) in [4.78, 5) is 33.1. The van der Waals surface area contributed by atoms with E-state index < -0.39 is 5.97 Å². The Balaban J connectivity index is 0. The number of rotatable bonds is 8. The first kappa shape index (κ1) is 20.7. The zero-order valence-corrected chi connectivity index (χ0v) is 12.8. The summed E-state index contributed by atoms with van der Waals surface area (Å²) in [5, 5.41) is 11.1. The second-order valence-corrected chi connectivity index (χ2v) is 4.67. The molecule has 0 fully saturated rings. The van der Waals surface area contributed by atoms with Crippen LogP contribution in [-0.2, 0) is 14.4 Å². The van der Waals surface area contributed by atoms with Crippen LogP contribution in [0.3, 0.4) is 0 Å². The van der Waals surface area contributed by atoms with Gasteiger partial charge in [-0.1, -0.05) is 19.8 Å². The van der Waals surface area contributed by atoms with E-state index in [1.165, 1.54) is 6.92 Å². The van der Waals surface area contributed by atoms with Gasteiger partial charge in [-0.3, -0.25) is 19.3 Å². The SMILES string of the molecule is C[13C](N)=O.C[15N]([13CH3])C(CC[13CH2][13CH3])C(=O)NCCC(=O)O. The topological polar surface area (TPSA) is 113 Å². The van der Waals surface area contributed by atoms with Crippen LogP contribution in [-0.4, -0.2) is 54.5 Å². The lowest BCUT2D eigenvalue weighted by molar-refractivity contribution is -0.137. The maximum Gasteiger partial charge on any atom is 0.305 e. The Hall–Kier alpha value is -1.63. The highest BCUT2D eigenvalue weighted by Crippen LogP contribution is 2.05. The molecule has 0 aromatic rings. The van der Waals surface area contributed by atoms with Crippen LogP contribution in [0.2, 0.25) is 0 Å². The van der Waals surface area contributed by atoms with E-state index in [1.807, 2.05) is 19.0 Å². The van der Waals surface area contributed by atoms with Crippen molar-refractivity contribution in [3.05, 3.63) is 0 Å². The minimum Gasteiger partial charge on any atom is -0.481 e. The van der Waals surface area contributed by atoms with Crippen molar-refractivity contribution in [3.63, 3.8) is 0 Å². The molecule has 0 aromatic heterocycles. The Morgan fingerprint density at radius 3 is 2.15 bits per heavy atom. The molecular weight excluding hydrogens is 267 g/mol. The van der Waals surface area contributed by atoms with Crippen LogP contribution in [0.5, 0.6) is 0 Å². The van der Waals surface area contributed by atoms with Crippen molar-refractivity contribution in [1.82, 2.24) is 10.2 Å². The first-order chi connectivity index (χ1) is 9.22. The molecule has 0 spiro atoms. The van der Waals surface area contributed by atoms with E-state index in [1.54, 1.807) is 0 Å². The molecule has 7 nitrogen and oxygen atoms in total. The third-order valence-corrected chi connectivity index (χ3v) is 2.40. The summed E-state index contributed by atoms with van der Waals surface area (Å²) >= 11 is 0. The fourth-order valence-electron chi connectivity index (χ4n) is 1.43. The Bertz CT molecular complexity index is 302. The second-order valence-electron chi connectivity index (χ2n) is 4.67. The highest BCUT2D eigenvalue weighted by Gasteiger charge is 2.19. The van der Waals surface area contributed by atoms with Gasteiger partial charge < -0.3 is 16.2 Å². The summed E-state index contributed by atoms with van der Waals surface area (Å²) in [5.74, 6) is -1.31. The fraction of sp³-hybridized carbons (Fsp3) is 0.769. The van der Waals surface area contributed by atoms with Crippen LogP contribution in [0.15, 0.2) is 0 Å². The number of carboxylic acids is 1. The molecule has 1 atom stereocenters. The van der Waals surface area contributed by atoms with Gasteiger partial charge in [0, 0.05) is 13.5 Å². The van der Waals surface area contributed by atoms with Crippen LogP contribution in [0.4, 0.5) is 0 Å². The number of nitrogens with zero attached hydrogens (tertiary/aromatic N) is 1. The van der Waals surface area contributed by atoms with E-state index in [4.69, 9.17) is 5.11 Å². The number of aliphatic carboxylic acids is 1. The van der Waals surface area contributed by atoms with Gasteiger partial charge in [0.2, 0.25) is 11.8 Å². The summed E-state index contributed by atoms with van der Waals surface area (Å²) in [6, 6.07) is -0.159. The number of hydrogen-bond donors (Lipinski definition) is 3. The molecule has 0 heterocycles. The van der Waals surface area contributed by atoms with Gasteiger partial charge >= 0.3 is 5.97 Å². The summed E-state index contributed by atoms with van der Waals surface area (Å²) in [6.45, 7) is 3.58. The summed E-state index contributed by atoms with van der Waals surface area (Å²) in [6.07, 6.45) is 2.82. The lowest BCUT2D eigenvalue weighted by Gasteiger charge is -2.23. The summed E-state index contributed by atoms with van der Waals surface area (Å²) in [7, 11) is 3.72. The molecule has 7 heteroatoms. The van der Waals surface area contributed by atoms with Gasteiger partial charge in [-0.05, 0) is 20.5 Å². The van der Waals surface area contributed by atoms with E-state index in [0.29, 0.717) is 0 Å². The standard InChI is InChI=1S/C11H22N2O3.C2H5NO/c1-4-5-6-9(13(2)3)11(16)12-8-7-10(14)15;1-2(3)4/h9H,4-8H2,1-3H3,(H,12,16)(H,14,15);1H3,(H2,3,4)/i1+1,2+1,4+1,13+1;2+1. The predicted octanol–water partition coefficient (Wildman–Crippen LogP) is 0.189. The zero-order chi connectivity index (χ0) is 16.1. The number of carbonyl (C=O) groups is 3. The Labute approximate surface area is 120 Å². The third-order valence-electron chi connectivity index (χ3n) is 2.40. The van der Waals surface area contributed by atoms with Crippen LogP contribution in [0.1, 0.15) is 39.5 Å². The van der Waals surface area contributed by atoms with Crippen LogP contribution < -0.4 is 11.1 Å². The Morgan fingerprint density at radius 2 is 1.80 bits per heavy atom. The average molecular weight is 294 g/mol. The molecule has 1 unspecified atom stereocenters. The number of nitrogens with one attached hydrogen (secondary N) is 1. The van der Waals surface area contributed by atoms with Crippen molar-refractivity contribution in [2.24, 2.45) is 5.73 Å². The molecule has 4 N–H and O–H groups in total. The van der Waals surface area contributed by atoms with Crippen molar-refractivity contribution in [2.45, 2.75) is 45.6 Å². The molecule has 0 radical (unpaired) electrons. The predicted molar refractivity (Wildman–Crippen MR) is 77.1 cm³/mol. The Morgan fingerprint density at radius 1 is 1.30 bits per heavy atom. The molecule has 118 valence electrons. The number of nitrogens with two attached hydrogens (primary N) is 1. The van der Waals surface area contributed by atoms with Crippen molar-refractivity contribution in [2.75, 3.05) is 20.6 Å². The van der Waals surface area contributed by atoms with Crippen LogP contribution >= 0.6 is 0 Å². The lowest BCUT2D eigenvalue weighted by atomic mass is 10.2. The fourth-order valence-corrected chi connectivity index (χ4v) is 1.43. The van der Waals surface area contributed by atoms with E-state index in [9.17, 15) is 14.4 Å². The van der Waals surface area contributed by atoms with Crippen molar-refractivity contribution >= 4 is 17.8 Å². The largest absolute Gasteiger partial charge is 0.481 e. The molecule has 0 aliphatic rings. The van der Waals surface area contributed by atoms with E-state index in [2.05, 4.69) is 18.0 Å². The highest BCUT2D eigenvalue weighted by atomic mass is 16.4. The van der Waals surface area contributed by atoms with Crippen LogP contribution in [0.25, 0.3) is 0 Å². The molecular formula is C13H27N3O4. The lowest BCUT2D eigenvalue weighted by Crippen LogP contribution is -2.44. The van der Waals surface area contributed by atoms with Gasteiger partial charge in [0.25, 0.3) is 0 Å². The van der Waals surface area contributed by atoms with Gasteiger partial charge in [0.1, 0.15) is 0 Å². The number of carboxylic acid groups (broad SMARTS) is 1. The van der Waals surface area contributed by atoms with Gasteiger partial charge in [-0.15, -0.1) is 0 Å². The van der Waals surface area contributed by atoms with E-state index in [-0.39, 0.29) is 30.8 Å². The molecule has 0 aromatic carbocycles. The number of likely N-dealkylation sites (N-methyl/N-ethyl adjacent to an activating group) is 1. The van der Waals surface area contributed by atoms with Crippen molar-refractivity contribution in [1.29, 1.82) is 0 Å². The summed E-state index contributed by atoms with van der Waals surface area (Å²) < 4.78 is 0. The van der Waals surface area contributed by atoms with Gasteiger partial charge in [-0.25, -0.2) is 0 Å². The molecule has 0 rings (SSSR count). The number of hydrogen-bond acceptors (Lipinski definition) is 4. The smallest absolute Gasteiger partial charge is 0.305 e. The number of unbranched alkanes of at least 4 members (excludes halogenated alkanes) is 1. The molecule has 0 bridgehead atoms. The van der Waals surface area contributed by atoms with Crippen molar-refractivity contribution < 1.29 is 19.5 Å². The minimum absolute atomic E-state index is 0.0281. The minimum atomic E-state index is -0.893. The monoisotopic (exact) mass is 294 g/mol. The van der Waals surface area contributed by atoms with E-state index >= 15 is 0 Å². The molecule has 0 aliphatic heterocycles. The molecule has 0 saturated heterocycles. The normalized spacial score (nSPS) is 11.2. The number of carbonyl (C=O) groups excluding carboxylic acids is 2. The molecule has 20 heavy (non-hydrogen) atoms. The first-order valence-corrected chi connectivity index (χ1v) is 6.64. The zero-order valence-electron chi connectivity index (χ0n) is 12.8. The first-order valence-electron chi connectivity index (χ1n) is 6.64. The number of primary amides is 1. The Kier molecular flexibility index (Phi) is 12.8. The molecule has 2 amide bonds. The average Bonchev–Trinajstić information content (AvgIpc) is 2.27. The van der Waals surface area contributed by atoms with Gasteiger partial charge in [-0.2, -0.15) is 0 Å². The van der Waals surface area contributed by atoms with E-state index in [0.717, 1.165) is 19.3 Å². The molecule has 0 saturated carbocycles. The van der Waals surface area contributed by atoms with Gasteiger partial charge in [0.05, 0.1) is 12.5 Å². The second kappa shape index (κ2) is 12.4. The van der Waals surface area contributed by atoms with Gasteiger partial charge in [0.15, 0.2) is 0 Å². The maximum atomic E-state index is 11.7. The van der Waals surface area contributed by atoms with Crippen LogP contribution in [0, 0.1) is 0 Å². The maximum absolute atomic E-state index is 11.7.